The van der Waals surface area contributed by atoms with Crippen LogP contribution in [0.4, 0.5) is 5.88 Å². The molecule has 0 amide bonds. The van der Waals surface area contributed by atoms with Crippen LogP contribution in [-0.2, 0) is 6.42 Å². The first-order valence-electron chi connectivity index (χ1n) is 2.53. The molecule has 0 saturated heterocycles. The molecule has 0 aliphatic heterocycles. The van der Waals surface area contributed by atoms with Crippen LogP contribution < -0.4 is 5.73 Å². The molecule has 44 valence electrons. The quantitative estimate of drug-likeness (QED) is 0.585. The largest absolute Gasteiger partial charge is 0.367 e. The van der Waals surface area contributed by atoms with Crippen LogP contribution in [0.5, 0.6) is 0 Å². The molecule has 0 bridgehead atoms. The van der Waals surface area contributed by atoms with E-state index in [1.807, 2.05) is 6.92 Å². The summed E-state index contributed by atoms with van der Waals surface area (Å²) in [5, 5.41) is 3.49. The van der Waals surface area contributed by atoms with E-state index in [1.54, 1.807) is 6.20 Å². The van der Waals surface area contributed by atoms with E-state index in [4.69, 9.17) is 5.73 Å². The molecule has 1 aromatic rings. The van der Waals surface area contributed by atoms with E-state index in [0.717, 1.165) is 12.0 Å². The Balaban J connectivity index is 2.92. The molecule has 1 aromatic heterocycles. The second kappa shape index (κ2) is 1.86. The second-order valence-corrected chi connectivity index (χ2v) is 1.57. The van der Waals surface area contributed by atoms with E-state index >= 15 is 0 Å². The van der Waals surface area contributed by atoms with Gasteiger partial charge in [-0.05, 0) is 6.42 Å². The third-order valence-corrected chi connectivity index (χ3v) is 1.06. The van der Waals surface area contributed by atoms with Crippen LogP contribution in [0.3, 0.4) is 0 Å². The Hall–Kier alpha value is -0.990. The van der Waals surface area contributed by atoms with Crippen molar-refractivity contribution < 1.29 is 4.52 Å². The summed E-state index contributed by atoms with van der Waals surface area (Å²) in [4.78, 5) is 0. The molecule has 0 aliphatic carbocycles. The van der Waals surface area contributed by atoms with Crippen LogP contribution in [0.15, 0.2) is 10.7 Å². The molecule has 8 heavy (non-hydrogen) atoms. The summed E-state index contributed by atoms with van der Waals surface area (Å²) in [6.45, 7) is 2.00. The number of nitrogen functional groups attached to an aromatic ring is 1. The molecule has 0 saturated carbocycles. The van der Waals surface area contributed by atoms with Crippen molar-refractivity contribution in [2.24, 2.45) is 0 Å². The highest BCUT2D eigenvalue weighted by Gasteiger charge is 1.97. The lowest BCUT2D eigenvalue weighted by molar-refractivity contribution is 0.436. The number of aryl methyl sites for hydroxylation is 1. The lowest BCUT2D eigenvalue weighted by Crippen LogP contribution is -1.85. The Morgan fingerprint density at radius 1 is 1.88 bits per heavy atom. The van der Waals surface area contributed by atoms with Gasteiger partial charge < -0.3 is 10.3 Å². The third kappa shape index (κ3) is 0.665. The molecular weight excluding hydrogens is 104 g/mol. The minimum atomic E-state index is 0.438. The zero-order chi connectivity index (χ0) is 5.98. The van der Waals surface area contributed by atoms with Gasteiger partial charge in [0.2, 0.25) is 5.88 Å². The molecule has 3 heteroatoms. The molecule has 0 aliphatic rings. The number of hydrogen-bond donors (Lipinski definition) is 1. The Morgan fingerprint density at radius 3 is 2.88 bits per heavy atom. The van der Waals surface area contributed by atoms with Gasteiger partial charge in [-0.25, -0.2) is 0 Å². The van der Waals surface area contributed by atoms with E-state index in [0.29, 0.717) is 5.88 Å². The van der Waals surface area contributed by atoms with Crippen LogP contribution in [0.2, 0.25) is 0 Å². The van der Waals surface area contributed by atoms with Gasteiger partial charge in [0.1, 0.15) is 0 Å². The van der Waals surface area contributed by atoms with E-state index in [1.165, 1.54) is 0 Å². The average Bonchev–Trinajstić information content (AvgIpc) is 2.14. The monoisotopic (exact) mass is 112 g/mol. The summed E-state index contributed by atoms with van der Waals surface area (Å²) >= 11 is 0. The first kappa shape index (κ1) is 5.15. The number of anilines is 1. The SMILES string of the molecule is CCc1cnoc1N. The van der Waals surface area contributed by atoms with Crippen molar-refractivity contribution in [2.45, 2.75) is 13.3 Å². The summed E-state index contributed by atoms with van der Waals surface area (Å²) in [6, 6.07) is 0. The molecule has 1 heterocycles. The zero-order valence-corrected chi connectivity index (χ0v) is 4.72. The van der Waals surface area contributed by atoms with Gasteiger partial charge in [-0.2, -0.15) is 0 Å². The summed E-state index contributed by atoms with van der Waals surface area (Å²) < 4.78 is 4.58. The van der Waals surface area contributed by atoms with Crippen LogP contribution in [-0.4, -0.2) is 5.16 Å². The molecule has 0 atom stereocenters. The van der Waals surface area contributed by atoms with Gasteiger partial charge in [0.15, 0.2) is 0 Å². The van der Waals surface area contributed by atoms with Crippen LogP contribution in [0, 0.1) is 0 Å². The maximum absolute atomic E-state index is 5.32. The topological polar surface area (TPSA) is 52.0 Å². The fourth-order valence-electron chi connectivity index (χ4n) is 0.535. The van der Waals surface area contributed by atoms with Crippen LogP contribution in [0.25, 0.3) is 0 Å². The van der Waals surface area contributed by atoms with E-state index < -0.39 is 0 Å². The Morgan fingerprint density at radius 2 is 2.62 bits per heavy atom. The smallest absolute Gasteiger partial charge is 0.225 e. The maximum atomic E-state index is 5.32. The second-order valence-electron chi connectivity index (χ2n) is 1.57. The summed E-state index contributed by atoms with van der Waals surface area (Å²) in [5.41, 5.74) is 6.30. The fraction of sp³-hybridized carbons (Fsp3) is 0.400. The van der Waals surface area contributed by atoms with Crippen molar-refractivity contribution in [3.05, 3.63) is 11.8 Å². The average molecular weight is 112 g/mol. The van der Waals surface area contributed by atoms with Crippen molar-refractivity contribution in [3.63, 3.8) is 0 Å². The highest BCUT2D eigenvalue weighted by Crippen LogP contribution is 2.08. The van der Waals surface area contributed by atoms with Crippen molar-refractivity contribution in [1.29, 1.82) is 0 Å². The minimum Gasteiger partial charge on any atom is -0.367 e. The molecule has 0 aromatic carbocycles. The first-order valence-corrected chi connectivity index (χ1v) is 2.53. The van der Waals surface area contributed by atoms with Crippen LogP contribution >= 0.6 is 0 Å². The van der Waals surface area contributed by atoms with E-state index in [9.17, 15) is 0 Å². The molecule has 0 unspecified atom stereocenters. The summed E-state index contributed by atoms with van der Waals surface area (Å²) in [6.07, 6.45) is 2.52. The Kier molecular flexibility index (Phi) is 1.20. The number of nitrogens with zero attached hydrogens (tertiary/aromatic N) is 1. The van der Waals surface area contributed by atoms with Gasteiger partial charge in [0.25, 0.3) is 0 Å². The molecule has 2 N–H and O–H groups in total. The third-order valence-electron chi connectivity index (χ3n) is 1.06. The van der Waals surface area contributed by atoms with Gasteiger partial charge in [0, 0.05) is 5.56 Å². The van der Waals surface area contributed by atoms with Gasteiger partial charge in [-0.15, -0.1) is 0 Å². The maximum Gasteiger partial charge on any atom is 0.225 e. The predicted octanol–water partition coefficient (Wildman–Crippen LogP) is 0.819. The van der Waals surface area contributed by atoms with Crippen molar-refractivity contribution in [3.8, 4) is 0 Å². The molecular formula is C5H8N2O. The molecule has 0 spiro atoms. The zero-order valence-electron chi connectivity index (χ0n) is 4.72. The molecule has 0 fully saturated rings. The highest BCUT2D eigenvalue weighted by molar-refractivity contribution is 5.32. The summed E-state index contributed by atoms with van der Waals surface area (Å²) in [7, 11) is 0. The Labute approximate surface area is 47.5 Å². The predicted molar refractivity (Wildman–Crippen MR) is 30.3 cm³/mol. The highest BCUT2D eigenvalue weighted by atomic mass is 16.5. The van der Waals surface area contributed by atoms with Crippen molar-refractivity contribution >= 4 is 5.88 Å². The van der Waals surface area contributed by atoms with Gasteiger partial charge in [0.05, 0.1) is 6.20 Å². The summed E-state index contributed by atoms with van der Waals surface area (Å²) in [5.74, 6) is 0.438. The number of nitrogens with two attached hydrogens (primary N) is 1. The molecule has 3 nitrogen and oxygen atoms in total. The van der Waals surface area contributed by atoms with Crippen LogP contribution in [0.1, 0.15) is 12.5 Å². The number of aromatic nitrogens is 1. The minimum absolute atomic E-state index is 0.438. The van der Waals surface area contributed by atoms with Crippen molar-refractivity contribution in [1.82, 2.24) is 5.16 Å². The van der Waals surface area contributed by atoms with E-state index in [2.05, 4.69) is 9.68 Å². The van der Waals surface area contributed by atoms with Gasteiger partial charge >= 0.3 is 0 Å². The number of hydrogen-bond acceptors (Lipinski definition) is 3. The lowest BCUT2D eigenvalue weighted by atomic mass is 10.3. The molecule has 1 rings (SSSR count). The van der Waals surface area contributed by atoms with Crippen molar-refractivity contribution in [2.75, 3.05) is 5.73 Å². The fourth-order valence-corrected chi connectivity index (χ4v) is 0.535. The normalized spacial score (nSPS) is 9.62. The Bertz CT molecular complexity index is 171. The van der Waals surface area contributed by atoms with E-state index in [-0.39, 0.29) is 0 Å². The lowest BCUT2D eigenvalue weighted by Gasteiger charge is -1.83. The number of rotatable bonds is 1. The van der Waals surface area contributed by atoms with Gasteiger partial charge in [-0.1, -0.05) is 12.1 Å². The van der Waals surface area contributed by atoms with Gasteiger partial charge in [-0.3, -0.25) is 0 Å². The standard InChI is InChI=1S/C5H8N2O/c1-2-4-3-7-8-5(4)6/h3H,2,6H2,1H3. The first-order chi connectivity index (χ1) is 3.84. The molecule has 0 radical (unpaired) electrons.